The molecule has 0 bridgehead atoms. The maximum atomic E-state index is 13.9. The number of anilines is 1. The van der Waals surface area contributed by atoms with Crippen LogP contribution in [-0.4, -0.2) is 41.5 Å². The zero-order valence-corrected chi connectivity index (χ0v) is 19.6. The molecule has 0 saturated heterocycles. The van der Waals surface area contributed by atoms with Gasteiger partial charge in [-0.05, 0) is 36.2 Å². The van der Waals surface area contributed by atoms with Crippen molar-refractivity contribution in [2.45, 2.75) is 18.6 Å². The van der Waals surface area contributed by atoms with Gasteiger partial charge in [-0.3, -0.25) is 4.79 Å². The van der Waals surface area contributed by atoms with E-state index in [4.69, 9.17) is 0 Å². The minimum absolute atomic E-state index is 0.0324. The molecule has 6 nitrogen and oxygen atoms in total. The fourth-order valence-electron chi connectivity index (χ4n) is 4.58. The normalized spacial score (nSPS) is 15.5. The molecule has 9 heteroatoms. The Morgan fingerprint density at radius 1 is 1.06 bits per heavy atom. The number of hydrogen-bond donors (Lipinski definition) is 2. The third-order valence-corrected chi connectivity index (χ3v) is 6.36. The van der Waals surface area contributed by atoms with Crippen LogP contribution in [0.4, 0.5) is 18.9 Å². The third kappa shape index (κ3) is 4.15. The van der Waals surface area contributed by atoms with Gasteiger partial charge in [0.15, 0.2) is 5.82 Å². The minimum atomic E-state index is -4.52. The van der Waals surface area contributed by atoms with Crippen molar-refractivity contribution >= 4 is 22.4 Å². The zero-order chi connectivity index (χ0) is 25.6. The Labute approximate surface area is 205 Å². The Morgan fingerprint density at radius 2 is 1.83 bits per heavy atom. The monoisotopic (exact) mass is 492 g/mol. The molecule has 36 heavy (non-hydrogen) atoms. The largest absolute Gasteiger partial charge is 0.505 e. The molecule has 0 aliphatic carbocycles. The maximum absolute atomic E-state index is 13.9. The molecule has 1 atom stereocenters. The first-order chi connectivity index (χ1) is 17.1. The SMILES string of the molecule is CN(C)c1ccc2c(c1O)CCNC2C(=O)c1nc(-c2cccc(C(F)(F)F)c2)nc2ccccc12. The van der Waals surface area contributed by atoms with Crippen LogP contribution in [0.5, 0.6) is 5.75 Å². The molecule has 0 spiro atoms. The van der Waals surface area contributed by atoms with Gasteiger partial charge in [0, 0.05) is 37.2 Å². The van der Waals surface area contributed by atoms with E-state index in [1.807, 2.05) is 20.2 Å². The lowest BCUT2D eigenvalue weighted by atomic mass is 9.88. The van der Waals surface area contributed by atoms with E-state index in [2.05, 4.69) is 15.3 Å². The molecular weight excluding hydrogens is 469 g/mol. The van der Waals surface area contributed by atoms with Crippen LogP contribution in [0.1, 0.15) is 33.2 Å². The Hall–Kier alpha value is -3.98. The van der Waals surface area contributed by atoms with Crippen LogP contribution < -0.4 is 10.2 Å². The van der Waals surface area contributed by atoms with Gasteiger partial charge in [0.1, 0.15) is 11.4 Å². The molecule has 4 aromatic rings. The van der Waals surface area contributed by atoms with Gasteiger partial charge in [0.2, 0.25) is 5.78 Å². The van der Waals surface area contributed by atoms with E-state index in [0.717, 1.165) is 12.1 Å². The van der Waals surface area contributed by atoms with Crippen LogP contribution in [0.25, 0.3) is 22.3 Å². The maximum Gasteiger partial charge on any atom is 0.416 e. The summed E-state index contributed by atoms with van der Waals surface area (Å²) in [6, 6.07) is 14.5. The summed E-state index contributed by atoms with van der Waals surface area (Å²) >= 11 is 0. The predicted molar refractivity (Wildman–Crippen MR) is 131 cm³/mol. The van der Waals surface area contributed by atoms with Crippen molar-refractivity contribution in [2.75, 3.05) is 25.5 Å². The molecule has 184 valence electrons. The van der Waals surface area contributed by atoms with Crippen LogP contribution in [0.15, 0.2) is 60.7 Å². The number of halogens is 3. The first-order valence-corrected chi connectivity index (χ1v) is 11.4. The standard InChI is InChI=1S/C27H23F3N4O2/c1-34(2)21-11-10-17-18(24(21)35)12-13-31-22(17)25(36)23-19-8-3-4-9-20(19)32-26(33-23)15-6-5-7-16(14-15)27(28,29)30/h3-11,14,22,31,35H,12-13H2,1-2H3. The summed E-state index contributed by atoms with van der Waals surface area (Å²) in [7, 11) is 3.65. The van der Waals surface area contributed by atoms with Crippen molar-refractivity contribution in [3.05, 3.63) is 83.0 Å². The summed E-state index contributed by atoms with van der Waals surface area (Å²) in [6.07, 6.45) is -3.97. The van der Waals surface area contributed by atoms with Crippen molar-refractivity contribution in [1.29, 1.82) is 0 Å². The van der Waals surface area contributed by atoms with Crippen LogP contribution >= 0.6 is 0 Å². The second-order valence-corrected chi connectivity index (χ2v) is 8.89. The number of nitrogens with zero attached hydrogens (tertiary/aromatic N) is 3. The number of Topliss-reactive ketones (excluding diaryl/α,β-unsaturated/α-hetero) is 1. The number of carbonyl (C=O) groups is 1. The molecule has 1 aliphatic heterocycles. The van der Waals surface area contributed by atoms with Gasteiger partial charge in [-0.25, -0.2) is 9.97 Å². The minimum Gasteiger partial charge on any atom is -0.505 e. The number of phenols is 1. The van der Waals surface area contributed by atoms with Gasteiger partial charge in [0.25, 0.3) is 0 Å². The molecule has 2 heterocycles. The number of ketones is 1. The number of benzene rings is 3. The van der Waals surface area contributed by atoms with E-state index in [9.17, 15) is 23.1 Å². The van der Waals surface area contributed by atoms with Gasteiger partial charge in [0.05, 0.1) is 22.8 Å². The van der Waals surface area contributed by atoms with Crippen molar-refractivity contribution in [2.24, 2.45) is 0 Å². The van der Waals surface area contributed by atoms with E-state index in [1.54, 1.807) is 35.2 Å². The molecule has 5 rings (SSSR count). The highest BCUT2D eigenvalue weighted by Gasteiger charge is 2.33. The number of fused-ring (bicyclic) bond motifs is 2. The lowest BCUT2D eigenvalue weighted by molar-refractivity contribution is -0.137. The van der Waals surface area contributed by atoms with E-state index < -0.39 is 17.8 Å². The Balaban J connectivity index is 1.64. The summed E-state index contributed by atoms with van der Waals surface area (Å²) in [5, 5.41) is 14.6. The second kappa shape index (κ2) is 8.91. The highest BCUT2D eigenvalue weighted by Crippen LogP contribution is 2.38. The van der Waals surface area contributed by atoms with Crippen molar-refractivity contribution in [3.8, 4) is 17.1 Å². The van der Waals surface area contributed by atoms with Crippen LogP contribution in [0.3, 0.4) is 0 Å². The van der Waals surface area contributed by atoms with Crippen LogP contribution in [-0.2, 0) is 12.6 Å². The quantitative estimate of drug-likeness (QED) is 0.384. The first kappa shape index (κ1) is 23.7. The number of hydrogen-bond acceptors (Lipinski definition) is 6. The highest BCUT2D eigenvalue weighted by atomic mass is 19.4. The number of rotatable bonds is 4. The molecule has 0 saturated carbocycles. The summed E-state index contributed by atoms with van der Waals surface area (Å²) in [5.74, 6) is -0.182. The molecule has 0 fully saturated rings. The highest BCUT2D eigenvalue weighted by molar-refractivity contribution is 6.09. The topological polar surface area (TPSA) is 78.4 Å². The average Bonchev–Trinajstić information content (AvgIpc) is 2.87. The van der Waals surface area contributed by atoms with Gasteiger partial charge < -0.3 is 15.3 Å². The summed E-state index contributed by atoms with van der Waals surface area (Å²) in [5.41, 5.74) is 1.89. The van der Waals surface area contributed by atoms with Gasteiger partial charge in [-0.2, -0.15) is 13.2 Å². The third-order valence-electron chi connectivity index (χ3n) is 6.36. The van der Waals surface area contributed by atoms with Gasteiger partial charge in [-0.1, -0.05) is 36.4 Å². The number of phenolic OH excluding ortho intramolecular Hbond substituents is 1. The lowest BCUT2D eigenvalue weighted by Gasteiger charge is -2.28. The molecule has 1 aromatic heterocycles. The fraction of sp³-hybridized carbons (Fsp3) is 0.222. The summed E-state index contributed by atoms with van der Waals surface area (Å²) in [4.78, 5) is 24.6. The van der Waals surface area contributed by atoms with E-state index in [0.29, 0.717) is 40.7 Å². The molecule has 2 N–H and O–H groups in total. The van der Waals surface area contributed by atoms with E-state index in [1.165, 1.54) is 12.1 Å². The number of alkyl halides is 3. The van der Waals surface area contributed by atoms with Crippen LogP contribution in [0, 0.1) is 0 Å². The number of carbonyl (C=O) groups excluding carboxylic acids is 1. The molecule has 3 aromatic carbocycles. The number of aromatic hydroxyl groups is 1. The molecule has 1 aliphatic rings. The Bertz CT molecular complexity index is 1480. The van der Waals surface area contributed by atoms with Crippen LogP contribution in [0.2, 0.25) is 0 Å². The molecule has 0 amide bonds. The average molecular weight is 493 g/mol. The lowest BCUT2D eigenvalue weighted by Crippen LogP contribution is -2.36. The van der Waals surface area contributed by atoms with Crippen molar-refractivity contribution < 1.29 is 23.1 Å². The first-order valence-electron chi connectivity index (χ1n) is 11.4. The summed E-state index contributed by atoms with van der Waals surface area (Å²) in [6.45, 7) is 0.470. The number of para-hydroxylation sites is 1. The van der Waals surface area contributed by atoms with Crippen molar-refractivity contribution in [3.63, 3.8) is 0 Å². The molecular formula is C27H23F3N4O2. The Kier molecular flexibility index (Phi) is 5.88. The van der Waals surface area contributed by atoms with Crippen molar-refractivity contribution in [1.82, 2.24) is 15.3 Å². The van der Waals surface area contributed by atoms with Gasteiger partial charge in [-0.15, -0.1) is 0 Å². The van der Waals surface area contributed by atoms with E-state index in [-0.39, 0.29) is 28.6 Å². The predicted octanol–water partition coefficient (Wildman–Crippen LogP) is 5.16. The smallest absolute Gasteiger partial charge is 0.416 e. The van der Waals surface area contributed by atoms with E-state index >= 15 is 0 Å². The second-order valence-electron chi connectivity index (χ2n) is 8.89. The molecule has 0 radical (unpaired) electrons. The molecule has 1 unspecified atom stereocenters. The van der Waals surface area contributed by atoms with Gasteiger partial charge >= 0.3 is 6.18 Å². The fourth-order valence-corrected chi connectivity index (χ4v) is 4.58. The Morgan fingerprint density at radius 3 is 2.58 bits per heavy atom. The zero-order valence-electron chi connectivity index (χ0n) is 19.6. The summed E-state index contributed by atoms with van der Waals surface area (Å²) < 4.78 is 39.9. The number of nitrogens with one attached hydrogen (secondary N) is 1. The number of aromatic nitrogens is 2.